The molecule has 5 rings (SSSR count). The standard InChI is InChI=1S/C24H42B2O6/c1-15(2)28-17(27)23-13-24(14-23,16(23)25-29-19(5,6)20(7,8)30-25)18(3,4)26-31-21(9,10)22(11,12)32-26/h15-16H,13-14H2,1-12H3. The Morgan fingerprint density at radius 2 is 1.25 bits per heavy atom. The molecular formula is C24H42B2O6. The van der Waals surface area contributed by atoms with Gasteiger partial charge in [-0.25, -0.2) is 0 Å². The minimum absolute atomic E-state index is 0.101. The van der Waals surface area contributed by atoms with Gasteiger partial charge in [-0.3, -0.25) is 4.79 Å². The molecule has 0 N–H and O–H groups in total. The number of rotatable bonds is 5. The molecule has 8 heteroatoms. The topological polar surface area (TPSA) is 63.2 Å². The maximum atomic E-state index is 13.3. The van der Waals surface area contributed by atoms with E-state index >= 15 is 0 Å². The Labute approximate surface area is 195 Å². The predicted molar refractivity (Wildman–Crippen MR) is 125 cm³/mol. The zero-order valence-electron chi connectivity index (χ0n) is 22.2. The van der Waals surface area contributed by atoms with E-state index in [0.717, 1.165) is 12.8 Å². The molecule has 3 aliphatic carbocycles. The van der Waals surface area contributed by atoms with Crippen molar-refractivity contribution < 1.29 is 28.1 Å². The zero-order chi connectivity index (χ0) is 24.3. The molecule has 2 aliphatic heterocycles. The van der Waals surface area contributed by atoms with Crippen molar-refractivity contribution in [2.75, 3.05) is 0 Å². The largest absolute Gasteiger partial charge is 0.464 e. The van der Waals surface area contributed by atoms with Gasteiger partial charge in [0.2, 0.25) is 0 Å². The minimum Gasteiger partial charge on any atom is -0.463 e. The molecule has 1 atom stereocenters. The second kappa shape index (κ2) is 6.56. The van der Waals surface area contributed by atoms with Crippen molar-refractivity contribution in [2.45, 2.75) is 136 Å². The first-order valence-corrected chi connectivity index (χ1v) is 12.2. The first-order chi connectivity index (χ1) is 14.2. The van der Waals surface area contributed by atoms with Gasteiger partial charge in [0.15, 0.2) is 0 Å². The van der Waals surface area contributed by atoms with Gasteiger partial charge in [0, 0.05) is 11.1 Å². The van der Waals surface area contributed by atoms with Gasteiger partial charge in [0.1, 0.15) is 0 Å². The van der Waals surface area contributed by atoms with E-state index < -0.39 is 34.9 Å². The highest BCUT2D eigenvalue weighted by Crippen LogP contribution is 2.89. The number of carbonyl (C=O) groups excluding carboxylic acids is 1. The Kier molecular flexibility index (Phi) is 5.03. The summed E-state index contributed by atoms with van der Waals surface area (Å²) < 4.78 is 31.7. The lowest BCUT2D eigenvalue weighted by atomic mass is 9.14. The van der Waals surface area contributed by atoms with Gasteiger partial charge in [-0.15, -0.1) is 0 Å². The molecule has 5 fully saturated rings. The lowest BCUT2D eigenvalue weighted by Crippen LogP contribution is -2.78. The van der Waals surface area contributed by atoms with Crippen LogP contribution in [-0.4, -0.2) is 48.7 Å². The molecule has 0 radical (unpaired) electrons. The lowest BCUT2D eigenvalue weighted by molar-refractivity contribution is -0.249. The highest BCUT2D eigenvalue weighted by molar-refractivity contribution is 6.53. The number of hydrogen-bond acceptors (Lipinski definition) is 6. The van der Waals surface area contributed by atoms with Crippen LogP contribution in [-0.2, 0) is 28.1 Å². The van der Waals surface area contributed by atoms with Crippen LogP contribution in [0, 0.1) is 10.8 Å². The summed E-state index contributed by atoms with van der Waals surface area (Å²) in [6.45, 7) is 24.8. The summed E-state index contributed by atoms with van der Waals surface area (Å²) in [7, 11) is -0.847. The van der Waals surface area contributed by atoms with E-state index in [0.29, 0.717) is 0 Å². The highest BCUT2D eigenvalue weighted by atomic mass is 16.7. The molecule has 6 nitrogen and oxygen atoms in total. The van der Waals surface area contributed by atoms with E-state index in [2.05, 4.69) is 69.2 Å². The van der Waals surface area contributed by atoms with Gasteiger partial charge in [-0.2, -0.15) is 0 Å². The molecule has 2 bridgehead atoms. The van der Waals surface area contributed by atoms with Crippen LogP contribution >= 0.6 is 0 Å². The Bertz CT molecular complexity index is 777. The Morgan fingerprint density at radius 3 is 1.66 bits per heavy atom. The third-order valence-corrected chi connectivity index (χ3v) is 9.87. The van der Waals surface area contributed by atoms with Crippen LogP contribution in [0.15, 0.2) is 0 Å². The Balaban J connectivity index is 1.68. The van der Waals surface area contributed by atoms with Crippen molar-refractivity contribution >= 4 is 20.2 Å². The van der Waals surface area contributed by atoms with Crippen LogP contribution in [0.1, 0.15) is 95.9 Å². The van der Waals surface area contributed by atoms with Crippen molar-refractivity contribution in [1.82, 2.24) is 0 Å². The third-order valence-electron chi connectivity index (χ3n) is 9.87. The van der Waals surface area contributed by atoms with Crippen LogP contribution in [0.4, 0.5) is 0 Å². The molecule has 2 heterocycles. The van der Waals surface area contributed by atoms with E-state index in [-0.39, 0.29) is 35.7 Å². The van der Waals surface area contributed by atoms with Gasteiger partial charge in [-0.05, 0) is 87.5 Å². The molecule has 0 amide bonds. The van der Waals surface area contributed by atoms with Crippen LogP contribution in [0.3, 0.4) is 0 Å². The maximum Gasteiger partial charge on any atom is 0.464 e. The van der Waals surface area contributed by atoms with Gasteiger partial charge in [-0.1, -0.05) is 13.8 Å². The summed E-state index contributed by atoms with van der Waals surface area (Å²) in [5.74, 6) is -0.227. The Hall–Kier alpha value is -0.560. The van der Waals surface area contributed by atoms with Gasteiger partial charge < -0.3 is 23.4 Å². The van der Waals surface area contributed by atoms with Crippen molar-refractivity contribution in [3.63, 3.8) is 0 Å². The molecular weight excluding hydrogens is 406 g/mol. The first-order valence-electron chi connectivity index (χ1n) is 12.2. The number of hydrogen-bond donors (Lipinski definition) is 0. The first kappa shape index (κ1) is 24.6. The molecule has 3 saturated carbocycles. The van der Waals surface area contributed by atoms with Crippen molar-refractivity contribution in [2.24, 2.45) is 10.8 Å². The van der Waals surface area contributed by atoms with Crippen molar-refractivity contribution in [3.8, 4) is 0 Å². The van der Waals surface area contributed by atoms with Gasteiger partial charge in [0.25, 0.3) is 0 Å². The monoisotopic (exact) mass is 448 g/mol. The second-order valence-electron chi connectivity index (χ2n) is 13.5. The number of ether oxygens (including phenoxy) is 1. The lowest BCUT2D eigenvalue weighted by Gasteiger charge is -2.79. The van der Waals surface area contributed by atoms with Crippen LogP contribution < -0.4 is 0 Å². The van der Waals surface area contributed by atoms with E-state index in [4.69, 9.17) is 23.4 Å². The van der Waals surface area contributed by atoms with E-state index in [1.165, 1.54) is 0 Å². The molecule has 32 heavy (non-hydrogen) atoms. The molecule has 180 valence electrons. The van der Waals surface area contributed by atoms with Crippen LogP contribution in [0.5, 0.6) is 0 Å². The van der Waals surface area contributed by atoms with Gasteiger partial charge >= 0.3 is 20.2 Å². The number of esters is 1. The predicted octanol–water partition coefficient (Wildman–Crippen LogP) is 5.05. The van der Waals surface area contributed by atoms with Crippen molar-refractivity contribution in [3.05, 3.63) is 0 Å². The Morgan fingerprint density at radius 1 is 0.844 bits per heavy atom. The summed E-state index contributed by atoms with van der Waals surface area (Å²) in [5.41, 5.74) is -2.49. The van der Waals surface area contributed by atoms with E-state index in [1.54, 1.807) is 0 Å². The second-order valence-corrected chi connectivity index (χ2v) is 13.5. The summed E-state index contributed by atoms with van der Waals surface area (Å²) >= 11 is 0. The molecule has 2 saturated heterocycles. The highest BCUT2D eigenvalue weighted by Gasteiger charge is 2.88. The van der Waals surface area contributed by atoms with Gasteiger partial charge in [0.05, 0.1) is 33.9 Å². The molecule has 0 aromatic heterocycles. The SMILES string of the molecule is CC(C)OC(=O)C12CC(C(C)(C)B3OC(C)(C)C(C)(C)O3)(C1)C2B1OC(C)(C)C(C)(C)O1. The fraction of sp³-hybridized carbons (Fsp3) is 0.958. The molecule has 5 aliphatic rings. The molecule has 0 spiro atoms. The molecule has 0 aromatic rings. The van der Waals surface area contributed by atoms with Crippen molar-refractivity contribution in [1.29, 1.82) is 0 Å². The summed E-state index contributed by atoms with van der Waals surface area (Å²) in [4.78, 5) is 13.3. The normalized spacial score (nSPS) is 38.5. The molecule has 1 unspecified atom stereocenters. The fourth-order valence-corrected chi connectivity index (χ4v) is 6.16. The smallest absolute Gasteiger partial charge is 0.463 e. The van der Waals surface area contributed by atoms with E-state index in [1.807, 2.05) is 13.8 Å². The maximum absolute atomic E-state index is 13.3. The fourth-order valence-electron chi connectivity index (χ4n) is 6.16. The summed E-state index contributed by atoms with van der Waals surface area (Å²) in [6.07, 6.45) is 1.34. The molecule has 0 aromatic carbocycles. The quantitative estimate of drug-likeness (QED) is 0.433. The van der Waals surface area contributed by atoms with Crippen LogP contribution in [0.2, 0.25) is 11.1 Å². The number of carbonyl (C=O) groups is 1. The summed E-state index contributed by atoms with van der Waals surface area (Å²) in [6, 6.07) is 0. The van der Waals surface area contributed by atoms with Crippen LogP contribution in [0.25, 0.3) is 0 Å². The third kappa shape index (κ3) is 2.91. The average molecular weight is 448 g/mol. The average Bonchev–Trinajstić information content (AvgIpc) is 2.83. The minimum atomic E-state index is -0.563. The summed E-state index contributed by atoms with van der Waals surface area (Å²) in [5, 5.41) is -0.341. The van der Waals surface area contributed by atoms with E-state index in [9.17, 15) is 4.79 Å². The zero-order valence-corrected chi connectivity index (χ0v) is 22.2.